The van der Waals surface area contributed by atoms with Crippen molar-refractivity contribution in [2.75, 3.05) is 10.6 Å². The highest BCUT2D eigenvalue weighted by molar-refractivity contribution is 7.99. The lowest BCUT2D eigenvalue weighted by Gasteiger charge is -2.10. The van der Waals surface area contributed by atoms with Gasteiger partial charge in [-0.25, -0.2) is 4.98 Å². The van der Waals surface area contributed by atoms with Gasteiger partial charge in [0.15, 0.2) is 0 Å². The third-order valence-corrected chi connectivity index (χ3v) is 4.88. The Hall–Kier alpha value is -3.27. The van der Waals surface area contributed by atoms with E-state index in [-0.39, 0.29) is 5.57 Å². The molecule has 1 amide bonds. The predicted molar refractivity (Wildman–Crippen MR) is 112 cm³/mol. The number of para-hydroxylation sites is 1. The molecule has 0 spiro atoms. The standard InChI is InChI=1S/C21H15ClN4OS/c22-16-10-11-24-20(12-16)25-14-15(13-23)21(27)26-18-8-4-5-9-19(18)28-17-6-2-1-3-7-17/h1-12,14H,(H,24,25)(H,26,27)/b15-14-. The first-order chi connectivity index (χ1) is 13.7. The largest absolute Gasteiger partial charge is 0.345 e. The fourth-order valence-corrected chi connectivity index (χ4v) is 3.32. The van der Waals surface area contributed by atoms with E-state index in [4.69, 9.17) is 11.6 Å². The van der Waals surface area contributed by atoms with Crippen LogP contribution >= 0.6 is 23.4 Å². The van der Waals surface area contributed by atoms with E-state index in [2.05, 4.69) is 15.6 Å². The first-order valence-electron chi connectivity index (χ1n) is 8.27. The fourth-order valence-electron chi connectivity index (χ4n) is 2.24. The summed E-state index contributed by atoms with van der Waals surface area (Å²) in [5.74, 6) is -0.0776. The van der Waals surface area contributed by atoms with Crippen molar-refractivity contribution in [2.24, 2.45) is 0 Å². The highest BCUT2D eigenvalue weighted by Gasteiger charge is 2.12. The molecule has 0 bridgehead atoms. The molecular weight excluding hydrogens is 392 g/mol. The van der Waals surface area contributed by atoms with Crippen molar-refractivity contribution in [3.05, 3.63) is 89.7 Å². The SMILES string of the molecule is N#C/C(=C/Nc1cc(Cl)ccn1)C(=O)Nc1ccccc1Sc1ccccc1. The van der Waals surface area contributed by atoms with Gasteiger partial charge in [-0.15, -0.1) is 0 Å². The number of hydrogen-bond donors (Lipinski definition) is 2. The van der Waals surface area contributed by atoms with Gasteiger partial charge in [0.1, 0.15) is 17.5 Å². The number of halogens is 1. The van der Waals surface area contributed by atoms with Crippen molar-refractivity contribution in [3.8, 4) is 6.07 Å². The minimum Gasteiger partial charge on any atom is -0.345 e. The number of aromatic nitrogens is 1. The van der Waals surface area contributed by atoms with E-state index < -0.39 is 5.91 Å². The third kappa shape index (κ3) is 5.36. The van der Waals surface area contributed by atoms with Crippen molar-refractivity contribution in [1.29, 1.82) is 5.26 Å². The van der Waals surface area contributed by atoms with Gasteiger partial charge < -0.3 is 10.6 Å². The molecular formula is C21H15ClN4OS. The Labute approximate surface area is 172 Å². The van der Waals surface area contributed by atoms with Gasteiger partial charge in [0, 0.05) is 27.2 Å². The molecule has 1 aromatic heterocycles. The molecule has 0 fully saturated rings. The van der Waals surface area contributed by atoms with Gasteiger partial charge >= 0.3 is 0 Å². The molecule has 7 heteroatoms. The summed E-state index contributed by atoms with van der Waals surface area (Å²) in [6.07, 6.45) is 2.84. The molecule has 2 N–H and O–H groups in total. The first-order valence-corrected chi connectivity index (χ1v) is 9.47. The second kappa shape index (κ2) is 9.60. The molecule has 0 unspecified atom stereocenters. The summed E-state index contributed by atoms with van der Waals surface area (Å²) in [6, 6.07) is 22.4. The van der Waals surface area contributed by atoms with Crippen molar-refractivity contribution in [3.63, 3.8) is 0 Å². The smallest absolute Gasteiger partial charge is 0.267 e. The van der Waals surface area contributed by atoms with Gasteiger partial charge in [0.25, 0.3) is 5.91 Å². The zero-order chi connectivity index (χ0) is 19.8. The second-order valence-corrected chi connectivity index (χ2v) is 7.09. The number of pyridine rings is 1. The number of rotatable bonds is 6. The molecule has 0 aliphatic rings. The number of anilines is 2. The summed E-state index contributed by atoms with van der Waals surface area (Å²) in [6.45, 7) is 0. The van der Waals surface area contributed by atoms with E-state index in [0.29, 0.717) is 16.5 Å². The molecule has 3 rings (SSSR count). The maximum atomic E-state index is 12.5. The molecule has 28 heavy (non-hydrogen) atoms. The average molecular weight is 407 g/mol. The molecule has 2 aromatic carbocycles. The van der Waals surface area contributed by atoms with E-state index in [1.165, 1.54) is 24.2 Å². The van der Waals surface area contributed by atoms with Crippen LogP contribution in [0.2, 0.25) is 5.02 Å². The lowest BCUT2D eigenvalue weighted by atomic mass is 10.2. The molecule has 0 aliphatic heterocycles. The zero-order valence-corrected chi connectivity index (χ0v) is 16.2. The molecule has 3 aromatic rings. The van der Waals surface area contributed by atoms with Crippen LogP contribution in [0.25, 0.3) is 0 Å². The predicted octanol–water partition coefficient (Wildman–Crippen LogP) is 5.34. The van der Waals surface area contributed by atoms with E-state index in [9.17, 15) is 10.1 Å². The Kier molecular flexibility index (Phi) is 6.68. The van der Waals surface area contributed by atoms with Crippen LogP contribution in [0.1, 0.15) is 0 Å². The number of nitrogens with one attached hydrogen (secondary N) is 2. The number of nitriles is 1. The van der Waals surface area contributed by atoms with Crippen LogP contribution in [0.15, 0.2) is 94.5 Å². The van der Waals surface area contributed by atoms with Crippen LogP contribution in [-0.2, 0) is 4.79 Å². The maximum absolute atomic E-state index is 12.5. The van der Waals surface area contributed by atoms with Crippen LogP contribution < -0.4 is 10.6 Å². The highest BCUT2D eigenvalue weighted by Crippen LogP contribution is 2.33. The molecule has 0 atom stereocenters. The number of carbonyl (C=O) groups is 1. The molecule has 5 nitrogen and oxygen atoms in total. The van der Waals surface area contributed by atoms with E-state index in [1.807, 2.05) is 54.6 Å². The van der Waals surface area contributed by atoms with Crippen LogP contribution in [-0.4, -0.2) is 10.9 Å². The topological polar surface area (TPSA) is 77.8 Å². The van der Waals surface area contributed by atoms with Gasteiger partial charge in [0.2, 0.25) is 0 Å². The monoisotopic (exact) mass is 406 g/mol. The fraction of sp³-hybridized carbons (Fsp3) is 0. The summed E-state index contributed by atoms with van der Waals surface area (Å²) in [7, 11) is 0. The van der Waals surface area contributed by atoms with Crippen LogP contribution in [0, 0.1) is 11.3 Å². The number of carbonyl (C=O) groups excluding carboxylic acids is 1. The summed E-state index contributed by atoms with van der Waals surface area (Å²) >= 11 is 7.43. The Morgan fingerprint density at radius 2 is 1.86 bits per heavy atom. The average Bonchev–Trinajstić information content (AvgIpc) is 2.71. The van der Waals surface area contributed by atoms with Gasteiger partial charge in [-0.05, 0) is 36.4 Å². The summed E-state index contributed by atoms with van der Waals surface area (Å²) in [5, 5.41) is 15.4. The lowest BCUT2D eigenvalue weighted by molar-refractivity contribution is -0.112. The highest BCUT2D eigenvalue weighted by atomic mass is 35.5. The Morgan fingerprint density at radius 3 is 2.61 bits per heavy atom. The Morgan fingerprint density at radius 1 is 1.11 bits per heavy atom. The minimum atomic E-state index is -0.516. The van der Waals surface area contributed by atoms with Crippen LogP contribution in [0.4, 0.5) is 11.5 Å². The molecule has 1 heterocycles. The van der Waals surface area contributed by atoms with E-state index in [1.54, 1.807) is 18.2 Å². The quantitative estimate of drug-likeness (QED) is 0.426. The first kappa shape index (κ1) is 19.5. The second-order valence-electron chi connectivity index (χ2n) is 5.54. The van der Waals surface area contributed by atoms with Crippen LogP contribution in [0.3, 0.4) is 0 Å². The van der Waals surface area contributed by atoms with E-state index in [0.717, 1.165) is 9.79 Å². The molecule has 0 radical (unpaired) electrons. The van der Waals surface area contributed by atoms with Crippen molar-refractivity contribution in [2.45, 2.75) is 9.79 Å². The molecule has 138 valence electrons. The number of benzene rings is 2. The normalized spacial score (nSPS) is 10.8. The van der Waals surface area contributed by atoms with E-state index >= 15 is 0 Å². The summed E-state index contributed by atoms with van der Waals surface area (Å²) < 4.78 is 0. The van der Waals surface area contributed by atoms with Crippen molar-refractivity contribution in [1.82, 2.24) is 4.98 Å². The van der Waals surface area contributed by atoms with Crippen molar-refractivity contribution < 1.29 is 4.79 Å². The third-order valence-electron chi connectivity index (χ3n) is 3.56. The summed E-state index contributed by atoms with van der Waals surface area (Å²) in [5.41, 5.74) is 0.546. The van der Waals surface area contributed by atoms with Crippen molar-refractivity contribution >= 4 is 40.8 Å². The number of hydrogen-bond acceptors (Lipinski definition) is 5. The van der Waals surface area contributed by atoms with Crippen LogP contribution in [0.5, 0.6) is 0 Å². The molecule has 0 saturated heterocycles. The molecule has 0 saturated carbocycles. The minimum absolute atomic E-state index is 0.0821. The maximum Gasteiger partial charge on any atom is 0.267 e. The number of nitrogens with zero attached hydrogens (tertiary/aromatic N) is 2. The van der Waals surface area contributed by atoms with Gasteiger partial charge in [-0.3, -0.25) is 4.79 Å². The zero-order valence-electron chi connectivity index (χ0n) is 14.6. The number of amides is 1. The van der Waals surface area contributed by atoms with Gasteiger partial charge in [-0.2, -0.15) is 5.26 Å². The lowest BCUT2D eigenvalue weighted by Crippen LogP contribution is -2.15. The van der Waals surface area contributed by atoms with Gasteiger partial charge in [-0.1, -0.05) is 53.7 Å². The molecule has 0 aliphatic carbocycles. The van der Waals surface area contributed by atoms with Gasteiger partial charge in [0.05, 0.1) is 5.69 Å². The Bertz CT molecular complexity index is 1050. The summed E-state index contributed by atoms with van der Waals surface area (Å²) in [4.78, 5) is 18.5. The Balaban J connectivity index is 1.74.